The molecule has 0 aliphatic carbocycles. The zero-order valence-corrected chi connectivity index (χ0v) is 10.6. The van der Waals surface area contributed by atoms with Crippen LogP contribution >= 0.6 is 0 Å². The van der Waals surface area contributed by atoms with Gasteiger partial charge in [-0.1, -0.05) is 6.07 Å². The van der Waals surface area contributed by atoms with Gasteiger partial charge < -0.3 is 10.4 Å². The van der Waals surface area contributed by atoms with Crippen LogP contribution in [0.4, 0.5) is 5.82 Å². The summed E-state index contributed by atoms with van der Waals surface area (Å²) in [4.78, 5) is 15.4. The lowest BCUT2D eigenvalue weighted by atomic mass is 10.4. The van der Waals surface area contributed by atoms with E-state index in [1.807, 2.05) is 0 Å². The molecule has 0 saturated carbocycles. The highest BCUT2D eigenvalue weighted by molar-refractivity contribution is 7.84. The van der Waals surface area contributed by atoms with Crippen LogP contribution in [0.2, 0.25) is 0 Å². The molecule has 2 heterocycles. The number of hydrogen-bond donors (Lipinski definition) is 2. The Morgan fingerprint density at radius 3 is 3.00 bits per heavy atom. The molecule has 18 heavy (non-hydrogen) atoms. The number of imidazole rings is 1. The van der Waals surface area contributed by atoms with Gasteiger partial charge in [0.05, 0.1) is 0 Å². The summed E-state index contributed by atoms with van der Waals surface area (Å²) in [5.41, 5.74) is 0.655. The minimum absolute atomic E-state index is 0.0903. The second-order valence-electron chi connectivity index (χ2n) is 3.75. The van der Waals surface area contributed by atoms with E-state index in [9.17, 15) is 14.1 Å². The minimum atomic E-state index is -1.05. The van der Waals surface area contributed by atoms with Crippen molar-refractivity contribution in [2.24, 2.45) is 0 Å². The number of aromatic carboxylic acids is 1. The molecular formula is C11H13N3O3S. The summed E-state index contributed by atoms with van der Waals surface area (Å²) >= 11 is 0. The molecule has 0 aromatic carbocycles. The van der Waals surface area contributed by atoms with Gasteiger partial charge in [0.25, 0.3) is 0 Å². The van der Waals surface area contributed by atoms with E-state index in [0.29, 0.717) is 23.8 Å². The monoisotopic (exact) mass is 267 g/mol. The quantitative estimate of drug-likeness (QED) is 0.838. The molecule has 0 aliphatic rings. The van der Waals surface area contributed by atoms with E-state index in [1.165, 1.54) is 4.40 Å². The maximum atomic E-state index is 11.2. The lowest BCUT2D eigenvalue weighted by molar-refractivity contribution is 0.0690. The summed E-state index contributed by atoms with van der Waals surface area (Å²) in [5.74, 6) is -0.291. The number of rotatable bonds is 5. The molecule has 1 unspecified atom stereocenters. The Labute approximate surface area is 106 Å². The van der Waals surface area contributed by atoms with Crippen LogP contribution in [0.25, 0.3) is 5.65 Å². The smallest absolute Gasteiger partial charge is 0.356 e. The summed E-state index contributed by atoms with van der Waals surface area (Å²) < 4.78 is 12.5. The molecule has 2 rings (SSSR count). The van der Waals surface area contributed by atoms with Gasteiger partial charge in [0.1, 0.15) is 5.65 Å². The summed E-state index contributed by atoms with van der Waals surface area (Å²) in [6.07, 6.45) is 3.25. The summed E-state index contributed by atoms with van der Waals surface area (Å²) in [6.45, 7) is 0.424. The van der Waals surface area contributed by atoms with Gasteiger partial charge in [0.15, 0.2) is 11.5 Å². The van der Waals surface area contributed by atoms with E-state index < -0.39 is 16.8 Å². The highest BCUT2D eigenvalue weighted by Gasteiger charge is 2.17. The van der Waals surface area contributed by atoms with Gasteiger partial charge in [-0.3, -0.25) is 8.61 Å². The molecule has 7 heteroatoms. The van der Waals surface area contributed by atoms with Gasteiger partial charge in [-0.15, -0.1) is 0 Å². The Morgan fingerprint density at radius 2 is 2.33 bits per heavy atom. The van der Waals surface area contributed by atoms with Gasteiger partial charge in [0, 0.05) is 35.5 Å². The Hall–Kier alpha value is -1.89. The molecule has 0 bridgehead atoms. The molecule has 0 aliphatic heterocycles. The third-order valence-electron chi connectivity index (χ3n) is 2.41. The number of carboxylic acids is 1. The molecule has 0 radical (unpaired) electrons. The zero-order chi connectivity index (χ0) is 13.1. The predicted molar refractivity (Wildman–Crippen MR) is 69.6 cm³/mol. The lowest BCUT2D eigenvalue weighted by Gasteiger charge is -2.02. The van der Waals surface area contributed by atoms with Crippen LogP contribution in [0.3, 0.4) is 0 Å². The van der Waals surface area contributed by atoms with Crippen molar-refractivity contribution in [2.75, 3.05) is 23.9 Å². The number of carbonyl (C=O) groups is 1. The van der Waals surface area contributed by atoms with Crippen LogP contribution in [-0.4, -0.2) is 43.2 Å². The summed E-state index contributed by atoms with van der Waals surface area (Å²) in [6, 6.07) is 5.26. The lowest BCUT2D eigenvalue weighted by Crippen LogP contribution is -2.13. The number of pyridine rings is 1. The van der Waals surface area contributed by atoms with Crippen LogP contribution in [-0.2, 0) is 10.8 Å². The fraction of sp³-hybridized carbons (Fsp3) is 0.273. The number of nitrogens with zero attached hydrogens (tertiary/aromatic N) is 2. The number of nitrogens with one attached hydrogen (secondary N) is 1. The number of aromatic nitrogens is 2. The molecule has 6 nitrogen and oxygen atoms in total. The second kappa shape index (κ2) is 5.18. The molecule has 0 saturated heterocycles. The fourth-order valence-corrected chi connectivity index (χ4v) is 2.03. The van der Waals surface area contributed by atoms with Crippen molar-refractivity contribution in [1.29, 1.82) is 0 Å². The molecule has 1 atom stereocenters. The van der Waals surface area contributed by atoms with E-state index in [4.69, 9.17) is 0 Å². The number of carboxylic acid groups (broad SMARTS) is 1. The summed E-state index contributed by atoms with van der Waals surface area (Å²) in [5, 5.41) is 12.1. The van der Waals surface area contributed by atoms with Crippen molar-refractivity contribution < 1.29 is 14.1 Å². The normalized spacial score (nSPS) is 12.5. The van der Waals surface area contributed by atoms with Gasteiger partial charge >= 0.3 is 5.97 Å². The highest BCUT2D eigenvalue weighted by atomic mass is 32.2. The molecule has 2 aromatic rings. The van der Waals surface area contributed by atoms with Crippen molar-refractivity contribution in [3.63, 3.8) is 0 Å². The maximum Gasteiger partial charge on any atom is 0.356 e. The molecule has 0 spiro atoms. The Balaban J connectivity index is 2.34. The van der Waals surface area contributed by atoms with E-state index >= 15 is 0 Å². The Kier molecular flexibility index (Phi) is 3.61. The molecule has 0 amide bonds. The highest BCUT2D eigenvalue weighted by Crippen LogP contribution is 2.17. The van der Waals surface area contributed by atoms with E-state index in [2.05, 4.69) is 10.3 Å². The average molecular weight is 267 g/mol. The molecule has 0 fully saturated rings. The first kappa shape index (κ1) is 12.6. The molecule has 2 aromatic heterocycles. The second-order valence-corrected chi connectivity index (χ2v) is 5.30. The fourth-order valence-electron chi connectivity index (χ4n) is 1.64. The largest absolute Gasteiger partial charge is 0.476 e. The van der Waals surface area contributed by atoms with Crippen molar-refractivity contribution in [3.05, 3.63) is 30.1 Å². The predicted octanol–water partition coefficient (Wildman–Crippen LogP) is 0.823. The SMILES string of the molecule is CS(=O)CCNc1nc2ccccn2c1C(=O)O. The van der Waals surface area contributed by atoms with E-state index in [0.717, 1.165) is 0 Å². The maximum absolute atomic E-state index is 11.2. The van der Waals surface area contributed by atoms with Crippen molar-refractivity contribution >= 4 is 28.2 Å². The Bertz CT molecular complexity index is 609. The van der Waals surface area contributed by atoms with E-state index in [-0.39, 0.29) is 5.69 Å². The van der Waals surface area contributed by atoms with Crippen LogP contribution in [0.15, 0.2) is 24.4 Å². The van der Waals surface area contributed by atoms with Gasteiger partial charge in [-0.25, -0.2) is 9.78 Å². The third-order valence-corrected chi connectivity index (χ3v) is 3.19. The Morgan fingerprint density at radius 1 is 1.56 bits per heavy atom. The van der Waals surface area contributed by atoms with Crippen LogP contribution < -0.4 is 5.32 Å². The first-order valence-electron chi connectivity index (χ1n) is 5.34. The first-order valence-corrected chi connectivity index (χ1v) is 7.06. The van der Waals surface area contributed by atoms with Crippen molar-refractivity contribution in [1.82, 2.24) is 9.38 Å². The minimum Gasteiger partial charge on any atom is -0.476 e. The molecule has 96 valence electrons. The molecular weight excluding hydrogens is 254 g/mol. The van der Waals surface area contributed by atoms with Gasteiger partial charge in [-0.2, -0.15) is 0 Å². The van der Waals surface area contributed by atoms with Crippen LogP contribution in [0, 0.1) is 0 Å². The first-order chi connectivity index (χ1) is 8.59. The van der Waals surface area contributed by atoms with Crippen molar-refractivity contribution in [2.45, 2.75) is 0 Å². The van der Waals surface area contributed by atoms with Crippen molar-refractivity contribution in [3.8, 4) is 0 Å². The number of fused-ring (bicyclic) bond motifs is 1. The van der Waals surface area contributed by atoms with Gasteiger partial charge in [0.2, 0.25) is 0 Å². The van der Waals surface area contributed by atoms with Crippen LogP contribution in [0.1, 0.15) is 10.5 Å². The van der Waals surface area contributed by atoms with Gasteiger partial charge in [-0.05, 0) is 12.1 Å². The van der Waals surface area contributed by atoms with E-state index in [1.54, 1.807) is 30.7 Å². The number of anilines is 1. The average Bonchev–Trinajstić information content (AvgIpc) is 2.66. The standard InChI is InChI=1S/C11H13N3O3S/c1-18(17)7-5-12-10-9(11(15)16)14-6-3-2-4-8(14)13-10/h2-4,6,12H,5,7H2,1H3,(H,15,16). The topological polar surface area (TPSA) is 83.7 Å². The molecule has 2 N–H and O–H groups in total. The zero-order valence-electron chi connectivity index (χ0n) is 9.79. The third kappa shape index (κ3) is 2.51. The summed E-state index contributed by atoms with van der Waals surface area (Å²) in [7, 11) is -0.919. The number of hydrogen-bond acceptors (Lipinski definition) is 4. The van der Waals surface area contributed by atoms with Crippen LogP contribution in [0.5, 0.6) is 0 Å².